The Labute approximate surface area is 235 Å². The van der Waals surface area contributed by atoms with E-state index in [0.29, 0.717) is 17.1 Å². The van der Waals surface area contributed by atoms with Gasteiger partial charge in [-0.05, 0) is 17.2 Å². The number of benzene rings is 4. The molecule has 0 saturated carbocycles. The number of hydrogen-bond donors (Lipinski definition) is 2. The molecule has 212 valence electrons. The average Bonchev–Trinajstić information content (AvgIpc) is 2.97. The van der Waals surface area contributed by atoms with Gasteiger partial charge < -0.3 is 23.4 Å². The molecule has 0 fully saturated rings. The molecule has 41 heavy (non-hydrogen) atoms. The van der Waals surface area contributed by atoms with Crippen LogP contribution in [0.2, 0.25) is 0 Å². The number of ether oxygens (including phenoxy) is 4. The first-order chi connectivity index (χ1) is 19.7. The molecule has 0 spiro atoms. The molecule has 0 aliphatic carbocycles. The number of hydrogen-bond acceptors (Lipinski definition) is 8. The summed E-state index contributed by atoms with van der Waals surface area (Å²) in [6.07, 6.45) is 0. The highest BCUT2D eigenvalue weighted by Gasteiger charge is 2.33. The summed E-state index contributed by atoms with van der Waals surface area (Å²) in [6, 6.07) is 21.8. The Morgan fingerprint density at radius 1 is 0.780 bits per heavy atom. The number of fused-ring (bicyclic) bond motifs is 2. The zero-order valence-electron chi connectivity index (χ0n) is 22.6. The lowest BCUT2D eigenvalue weighted by Gasteiger charge is -2.25. The zero-order valence-corrected chi connectivity index (χ0v) is 23.4. The Morgan fingerprint density at radius 3 is 1.80 bits per heavy atom. The van der Waals surface area contributed by atoms with Gasteiger partial charge in [-0.2, -0.15) is 8.42 Å². The number of anilines is 1. The largest absolute Gasteiger partial charge is 0.494 e. The van der Waals surface area contributed by atoms with E-state index in [4.69, 9.17) is 23.4 Å². The maximum atomic E-state index is 14.2. The van der Waals surface area contributed by atoms with Crippen molar-refractivity contribution in [3.05, 3.63) is 99.7 Å². The second-order valence-electron chi connectivity index (χ2n) is 9.03. The Hall–Kier alpha value is -4.74. The van der Waals surface area contributed by atoms with Crippen LogP contribution in [-0.2, 0) is 10.3 Å². The van der Waals surface area contributed by atoms with Gasteiger partial charge in [0.05, 0.1) is 39.4 Å². The van der Waals surface area contributed by atoms with Crippen molar-refractivity contribution in [2.75, 3.05) is 33.2 Å². The van der Waals surface area contributed by atoms with Gasteiger partial charge in [-0.15, -0.1) is 0 Å². The predicted molar refractivity (Wildman–Crippen MR) is 155 cm³/mol. The second kappa shape index (κ2) is 11.0. The molecule has 1 aromatic heterocycles. The summed E-state index contributed by atoms with van der Waals surface area (Å²) in [5.74, 6) is -0.169. The van der Waals surface area contributed by atoms with Gasteiger partial charge in [-0.3, -0.25) is 14.1 Å². The highest BCUT2D eigenvalue weighted by molar-refractivity contribution is 7.87. The van der Waals surface area contributed by atoms with Crippen LogP contribution in [0.5, 0.6) is 23.0 Å². The lowest BCUT2D eigenvalue weighted by molar-refractivity contribution is 0.355. The molecule has 0 atom stereocenters. The third-order valence-electron chi connectivity index (χ3n) is 6.76. The van der Waals surface area contributed by atoms with Crippen molar-refractivity contribution in [3.8, 4) is 23.0 Å². The first kappa shape index (κ1) is 27.8. The fraction of sp³-hybridized carbons (Fsp3) is 0.167. The normalized spacial score (nSPS) is 11.6. The van der Waals surface area contributed by atoms with E-state index in [1.807, 2.05) is 60.7 Å². The quantitative estimate of drug-likeness (QED) is 0.135. The van der Waals surface area contributed by atoms with E-state index in [1.54, 1.807) is 6.07 Å². The van der Waals surface area contributed by atoms with E-state index in [0.717, 1.165) is 11.1 Å². The first-order valence-corrected chi connectivity index (χ1v) is 13.8. The van der Waals surface area contributed by atoms with Gasteiger partial charge in [0.1, 0.15) is 22.2 Å². The van der Waals surface area contributed by atoms with Crippen molar-refractivity contribution in [2.24, 2.45) is 0 Å². The number of nitrogens with one attached hydrogen (secondary N) is 1. The molecule has 0 saturated heterocycles. The van der Waals surface area contributed by atoms with E-state index in [2.05, 4.69) is 4.72 Å². The van der Waals surface area contributed by atoms with Crippen LogP contribution in [0.1, 0.15) is 22.6 Å². The van der Waals surface area contributed by atoms with E-state index in [9.17, 15) is 17.8 Å². The molecule has 0 aliphatic heterocycles. The molecule has 1 heterocycles. The summed E-state index contributed by atoms with van der Waals surface area (Å²) in [5, 5.41) is 0.0735. The summed E-state index contributed by atoms with van der Waals surface area (Å²) in [4.78, 5) is 14.2. The summed E-state index contributed by atoms with van der Waals surface area (Å²) >= 11 is 0. The van der Waals surface area contributed by atoms with Gasteiger partial charge in [0.15, 0.2) is 23.0 Å². The molecule has 2 N–H and O–H groups in total. The molecule has 0 bridgehead atoms. The van der Waals surface area contributed by atoms with Gasteiger partial charge in [0.25, 0.3) is 0 Å². The summed E-state index contributed by atoms with van der Waals surface area (Å²) in [6.45, 7) is 0. The van der Waals surface area contributed by atoms with Crippen LogP contribution in [0.4, 0.5) is 5.69 Å². The van der Waals surface area contributed by atoms with E-state index in [-0.39, 0.29) is 39.1 Å². The lowest BCUT2D eigenvalue weighted by Crippen LogP contribution is -2.17. The zero-order chi connectivity index (χ0) is 29.3. The molecule has 0 unspecified atom stereocenters. The lowest BCUT2D eigenvalue weighted by atomic mass is 9.83. The summed E-state index contributed by atoms with van der Waals surface area (Å²) in [5.41, 5.74) is 1.45. The molecular formula is C30H27NO9S. The highest BCUT2D eigenvalue weighted by Crippen LogP contribution is 2.51. The minimum atomic E-state index is -4.84. The monoisotopic (exact) mass is 577 g/mol. The minimum absolute atomic E-state index is 0.00680. The van der Waals surface area contributed by atoms with Gasteiger partial charge in [-0.1, -0.05) is 60.7 Å². The van der Waals surface area contributed by atoms with Crippen LogP contribution in [-0.4, -0.2) is 41.4 Å². The fourth-order valence-electron chi connectivity index (χ4n) is 5.10. The van der Waals surface area contributed by atoms with Crippen LogP contribution < -0.4 is 29.1 Å². The topological polar surface area (TPSA) is 134 Å². The van der Waals surface area contributed by atoms with Crippen molar-refractivity contribution in [1.29, 1.82) is 0 Å². The third-order valence-corrected chi connectivity index (χ3v) is 7.22. The summed E-state index contributed by atoms with van der Waals surface area (Å²) < 4.78 is 64.9. The van der Waals surface area contributed by atoms with Crippen molar-refractivity contribution in [1.82, 2.24) is 0 Å². The van der Waals surface area contributed by atoms with Gasteiger partial charge in [-0.25, -0.2) is 0 Å². The van der Waals surface area contributed by atoms with Gasteiger partial charge in [0, 0.05) is 12.0 Å². The Bertz CT molecular complexity index is 1870. The minimum Gasteiger partial charge on any atom is -0.494 e. The molecule has 4 aromatic carbocycles. The van der Waals surface area contributed by atoms with Gasteiger partial charge in [0.2, 0.25) is 5.43 Å². The maximum absolute atomic E-state index is 14.2. The summed E-state index contributed by atoms with van der Waals surface area (Å²) in [7, 11) is 0.686. The smallest absolute Gasteiger partial charge is 0.357 e. The van der Waals surface area contributed by atoms with Crippen molar-refractivity contribution >= 4 is 37.9 Å². The Kier molecular flexibility index (Phi) is 7.48. The van der Waals surface area contributed by atoms with Crippen LogP contribution in [0.3, 0.4) is 0 Å². The number of rotatable bonds is 9. The molecule has 0 amide bonds. The van der Waals surface area contributed by atoms with E-state index >= 15 is 0 Å². The van der Waals surface area contributed by atoms with E-state index < -0.39 is 21.7 Å². The molecule has 0 radical (unpaired) electrons. The van der Waals surface area contributed by atoms with E-state index in [1.165, 1.54) is 34.5 Å². The number of methoxy groups -OCH3 is 4. The SMILES string of the molecule is COc1cc2oc3c(C(c4ccccc4)c4ccccc4)c(OC)c(NS(=O)(=O)O)c(OC)c3c(=O)c2cc1OC. The molecule has 5 rings (SSSR count). The molecule has 5 aromatic rings. The average molecular weight is 578 g/mol. The molecule has 11 heteroatoms. The maximum Gasteiger partial charge on any atom is 0.357 e. The van der Waals surface area contributed by atoms with Crippen molar-refractivity contribution in [3.63, 3.8) is 0 Å². The highest BCUT2D eigenvalue weighted by atomic mass is 32.2. The predicted octanol–water partition coefficient (Wildman–Crippen LogP) is 5.38. The van der Waals surface area contributed by atoms with Crippen LogP contribution in [0.15, 0.2) is 82.0 Å². The Morgan fingerprint density at radius 2 is 1.32 bits per heavy atom. The van der Waals surface area contributed by atoms with Crippen LogP contribution in [0, 0.1) is 0 Å². The first-order valence-electron chi connectivity index (χ1n) is 12.4. The van der Waals surface area contributed by atoms with Gasteiger partial charge >= 0.3 is 10.3 Å². The standard InChI is InChI=1S/C30H27NO9S/c1-36-21-15-19-20(16-22(21)37-2)40-28-24(23(17-11-7-5-8-12-17)18-13-9-6-10-14-18)29(38-3)26(31-41(33,34)35)30(39-4)25(28)27(19)32/h5-16,23,31H,1-4H3,(H,33,34,35). The molecule has 10 nitrogen and oxygen atoms in total. The molecule has 0 aliphatic rings. The Balaban J connectivity index is 2.06. The van der Waals surface area contributed by atoms with Crippen molar-refractivity contribution < 1.29 is 36.3 Å². The third kappa shape index (κ3) is 5.01. The van der Waals surface area contributed by atoms with Crippen molar-refractivity contribution in [2.45, 2.75) is 5.92 Å². The fourth-order valence-corrected chi connectivity index (χ4v) is 5.54. The van der Waals surface area contributed by atoms with Crippen LogP contribution >= 0.6 is 0 Å². The van der Waals surface area contributed by atoms with Crippen LogP contribution in [0.25, 0.3) is 21.9 Å². The second-order valence-corrected chi connectivity index (χ2v) is 10.2. The molecular weight excluding hydrogens is 550 g/mol.